The molecule has 15 heavy (non-hydrogen) atoms. The Hall–Kier alpha value is -0.410. The summed E-state index contributed by atoms with van der Waals surface area (Å²) in [5.74, 6) is 0.471. The van der Waals surface area contributed by atoms with Crippen LogP contribution in [-0.2, 0) is 4.79 Å². The Kier molecular flexibility index (Phi) is 3.12. The van der Waals surface area contributed by atoms with Crippen LogP contribution in [0.2, 0.25) is 0 Å². The Morgan fingerprint density at radius 3 is 2.27 bits per heavy atom. The predicted molar refractivity (Wildman–Crippen MR) is 60.9 cm³/mol. The molecule has 0 amide bonds. The average Bonchev–Trinajstić information content (AvgIpc) is 2.60. The molecule has 0 aromatic heterocycles. The molecular formula is C12H22N2O. The molecule has 86 valence electrons. The Morgan fingerprint density at radius 1 is 1.20 bits per heavy atom. The van der Waals surface area contributed by atoms with Crippen molar-refractivity contribution >= 4 is 5.78 Å². The zero-order valence-corrected chi connectivity index (χ0v) is 10.1. The lowest BCUT2D eigenvalue weighted by molar-refractivity contribution is -0.123. The third kappa shape index (κ3) is 2.08. The molecule has 0 aromatic rings. The van der Waals surface area contributed by atoms with Crippen molar-refractivity contribution in [3.05, 3.63) is 0 Å². The maximum Gasteiger partial charge on any atom is 0.149 e. The van der Waals surface area contributed by atoms with Gasteiger partial charge in [-0.25, -0.2) is 0 Å². The number of carbonyl (C=O) groups is 1. The Morgan fingerprint density at radius 2 is 1.80 bits per heavy atom. The molecule has 0 spiro atoms. The fraction of sp³-hybridized carbons (Fsp3) is 0.917. The molecule has 3 heteroatoms. The normalized spacial score (nSPS) is 39.9. The molecule has 3 atom stereocenters. The van der Waals surface area contributed by atoms with E-state index < -0.39 is 0 Å². The van der Waals surface area contributed by atoms with E-state index >= 15 is 0 Å². The van der Waals surface area contributed by atoms with Gasteiger partial charge < -0.3 is 0 Å². The third-order valence-corrected chi connectivity index (χ3v) is 4.10. The van der Waals surface area contributed by atoms with Gasteiger partial charge in [-0.2, -0.15) is 0 Å². The average molecular weight is 210 g/mol. The van der Waals surface area contributed by atoms with Crippen molar-refractivity contribution in [2.45, 2.75) is 51.2 Å². The minimum atomic E-state index is 0.239. The van der Waals surface area contributed by atoms with Gasteiger partial charge in [-0.15, -0.1) is 0 Å². The highest BCUT2D eigenvalue weighted by atomic mass is 16.1. The van der Waals surface area contributed by atoms with Crippen LogP contribution in [0.15, 0.2) is 0 Å². The van der Waals surface area contributed by atoms with E-state index in [9.17, 15) is 4.79 Å². The zero-order chi connectivity index (χ0) is 11.0. The van der Waals surface area contributed by atoms with Crippen molar-refractivity contribution in [1.29, 1.82) is 0 Å². The molecule has 0 bridgehead atoms. The van der Waals surface area contributed by atoms with Crippen molar-refractivity contribution < 1.29 is 4.79 Å². The summed E-state index contributed by atoms with van der Waals surface area (Å²) in [5.41, 5.74) is 0. The van der Waals surface area contributed by atoms with Gasteiger partial charge >= 0.3 is 0 Å². The summed E-state index contributed by atoms with van der Waals surface area (Å²) in [4.78, 5) is 16.5. The Bertz CT molecular complexity index is 242. The summed E-state index contributed by atoms with van der Waals surface area (Å²) in [5, 5.41) is 0. The number of Topliss-reactive ketones (excluding diaryl/α,β-unsaturated/α-hetero) is 1. The molecular weight excluding hydrogens is 188 g/mol. The van der Waals surface area contributed by atoms with Gasteiger partial charge in [-0.1, -0.05) is 0 Å². The second-order valence-electron chi connectivity index (χ2n) is 5.19. The third-order valence-electron chi connectivity index (χ3n) is 4.10. The second kappa shape index (κ2) is 4.22. The van der Waals surface area contributed by atoms with E-state index in [2.05, 4.69) is 30.7 Å². The molecule has 1 saturated carbocycles. The topological polar surface area (TPSA) is 23.6 Å². The van der Waals surface area contributed by atoms with Crippen molar-refractivity contribution in [2.75, 3.05) is 20.1 Å². The summed E-state index contributed by atoms with van der Waals surface area (Å²) in [7, 11) is 2.18. The van der Waals surface area contributed by atoms with Crippen molar-refractivity contribution in [2.24, 2.45) is 0 Å². The lowest BCUT2D eigenvalue weighted by Crippen LogP contribution is -2.58. The molecule has 0 N–H and O–H groups in total. The molecule has 3 unspecified atom stereocenters. The largest absolute Gasteiger partial charge is 0.298 e. The highest BCUT2D eigenvalue weighted by Crippen LogP contribution is 2.24. The Balaban J connectivity index is 2.02. The zero-order valence-electron chi connectivity index (χ0n) is 10.1. The molecule has 0 radical (unpaired) electrons. The summed E-state index contributed by atoms with van der Waals surface area (Å²) < 4.78 is 0. The number of nitrogens with zero attached hydrogens (tertiary/aromatic N) is 2. The molecule has 2 fully saturated rings. The van der Waals surface area contributed by atoms with Crippen LogP contribution in [0.5, 0.6) is 0 Å². The highest BCUT2D eigenvalue weighted by Gasteiger charge is 2.35. The van der Waals surface area contributed by atoms with Gasteiger partial charge in [0, 0.05) is 31.6 Å². The van der Waals surface area contributed by atoms with Crippen molar-refractivity contribution in [3.8, 4) is 0 Å². The second-order valence-corrected chi connectivity index (χ2v) is 5.19. The minimum Gasteiger partial charge on any atom is -0.298 e. The lowest BCUT2D eigenvalue weighted by Gasteiger charge is -2.44. The summed E-state index contributed by atoms with van der Waals surface area (Å²) in [6, 6.07) is 1.38. The summed E-state index contributed by atoms with van der Waals surface area (Å²) in [6.07, 6.45) is 2.99. The molecule has 0 aromatic carbocycles. The maximum atomic E-state index is 11.7. The first-order valence-electron chi connectivity index (χ1n) is 6.08. The van der Waals surface area contributed by atoms with E-state index in [0.29, 0.717) is 17.9 Å². The number of ketones is 1. The number of hydrogen-bond acceptors (Lipinski definition) is 3. The van der Waals surface area contributed by atoms with Gasteiger partial charge in [0.05, 0.1) is 6.04 Å². The smallest absolute Gasteiger partial charge is 0.149 e. The van der Waals surface area contributed by atoms with Crippen molar-refractivity contribution in [1.82, 2.24) is 9.80 Å². The van der Waals surface area contributed by atoms with Crippen LogP contribution in [-0.4, -0.2) is 53.8 Å². The van der Waals surface area contributed by atoms with E-state index in [1.165, 1.54) is 0 Å². The fourth-order valence-electron chi connectivity index (χ4n) is 2.88. The standard InChI is InChI=1S/C12H22N2O/c1-9-7-14(8-10(2)13(9)3)11-5-4-6-12(11)15/h9-11H,4-8H2,1-3H3. The monoisotopic (exact) mass is 210 g/mol. The first kappa shape index (κ1) is 11.1. The van der Waals surface area contributed by atoms with Gasteiger partial charge in [0.15, 0.2) is 0 Å². The number of carbonyl (C=O) groups excluding carboxylic acids is 1. The van der Waals surface area contributed by atoms with E-state index in [-0.39, 0.29) is 6.04 Å². The van der Waals surface area contributed by atoms with Gasteiger partial charge in [-0.05, 0) is 33.7 Å². The van der Waals surface area contributed by atoms with Crippen LogP contribution < -0.4 is 0 Å². The summed E-state index contributed by atoms with van der Waals surface area (Å²) >= 11 is 0. The van der Waals surface area contributed by atoms with Crippen LogP contribution in [0, 0.1) is 0 Å². The fourth-order valence-corrected chi connectivity index (χ4v) is 2.88. The van der Waals surface area contributed by atoms with Crippen molar-refractivity contribution in [3.63, 3.8) is 0 Å². The van der Waals surface area contributed by atoms with E-state index in [0.717, 1.165) is 32.4 Å². The minimum absolute atomic E-state index is 0.239. The van der Waals surface area contributed by atoms with Gasteiger partial charge in [0.25, 0.3) is 0 Å². The molecule has 1 aliphatic heterocycles. The Labute approximate surface area is 92.4 Å². The predicted octanol–water partition coefficient (Wildman–Crippen LogP) is 1.13. The van der Waals surface area contributed by atoms with Gasteiger partial charge in [0.2, 0.25) is 0 Å². The number of rotatable bonds is 1. The quantitative estimate of drug-likeness (QED) is 0.648. The molecule has 1 heterocycles. The highest BCUT2D eigenvalue weighted by molar-refractivity contribution is 5.85. The molecule has 3 nitrogen and oxygen atoms in total. The SMILES string of the molecule is CC1CN(C2CCCC2=O)CC(C)N1C. The van der Waals surface area contributed by atoms with E-state index in [4.69, 9.17) is 0 Å². The number of hydrogen-bond donors (Lipinski definition) is 0. The first-order valence-corrected chi connectivity index (χ1v) is 6.08. The van der Waals surface area contributed by atoms with Crippen LogP contribution in [0.4, 0.5) is 0 Å². The van der Waals surface area contributed by atoms with Crippen LogP contribution in [0.3, 0.4) is 0 Å². The van der Waals surface area contributed by atoms with E-state index in [1.54, 1.807) is 0 Å². The maximum absolute atomic E-state index is 11.7. The van der Waals surface area contributed by atoms with Crippen LogP contribution >= 0.6 is 0 Å². The van der Waals surface area contributed by atoms with Gasteiger partial charge in [-0.3, -0.25) is 14.6 Å². The number of likely N-dealkylation sites (N-methyl/N-ethyl adjacent to an activating group) is 1. The number of piperazine rings is 1. The molecule has 1 saturated heterocycles. The van der Waals surface area contributed by atoms with Crippen LogP contribution in [0.25, 0.3) is 0 Å². The van der Waals surface area contributed by atoms with E-state index in [1.807, 2.05) is 0 Å². The summed E-state index contributed by atoms with van der Waals surface area (Å²) in [6.45, 7) is 6.61. The van der Waals surface area contributed by atoms with Crippen LogP contribution in [0.1, 0.15) is 33.1 Å². The first-order chi connectivity index (χ1) is 7.09. The lowest BCUT2D eigenvalue weighted by atomic mass is 10.1. The molecule has 2 rings (SSSR count). The molecule has 2 aliphatic rings. The molecule has 1 aliphatic carbocycles. The van der Waals surface area contributed by atoms with Gasteiger partial charge in [0.1, 0.15) is 5.78 Å².